The second-order valence-electron chi connectivity index (χ2n) is 4.26. The lowest BCUT2D eigenvalue weighted by Crippen LogP contribution is -2.56. The van der Waals surface area contributed by atoms with Crippen LogP contribution in [0.3, 0.4) is 0 Å². The van der Waals surface area contributed by atoms with Gasteiger partial charge >= 0.3 is 6.03 Å². The van der Waals surface area contributed by atoms with E-state index in [1.165, 1.54) is 0 Å². The van der Waals surface area contributed by atoms with Crippen LogP contribution in [0.5, 0.6) is 0 Å². The lowest BCUT2D eigenvalue weighted by atomic mass is 10.2. The van der Waals surface area contributed by atoms with Gasteiger partial charge < -0.3 is 20.3 Å². The summed E-state index contributed by atoms with van der Waals surface area (Å²) in [5, 5.41) is 6.28. The van der Waals surface area contributed by atoms with E-state index < -0.39 is 0 Å². The monoisotopic (exact) mass is 213 g/mol. The number of carbonyl (C=O) groups excluding carboxylic acids is 1. The Hall–Kier alpha value is -0.810. The lowest BCUT2D eigenvalue weighted by molar-refractivity contribution is 0.156. The van der Waals surface area contributed by atoms with Gasteiger partial charge in [0.1, 0.15) is 0 Å². The van der Waals surface area contributed by atoms with E-state index >= 15 is 0 Å². The van der Waals surface area contributed by atoms with Gasteiger partial charge in [-0.15, -0.1) is 0 Å². The zero-order valence-corrected chi connectivity index (χ0v) is 9.16. The molecule has 2 saturated heterocycles. The molecule has 0 bridgehead atoms. The minimum absolute atomic E-state index is 0.0551. The molecule has 0 spiro atoms. The molecule has 0 aliphatic carbocycles. The van der Waals surface area contributed by atoms with Crippen LogP contribution >= 0.6 is 0 Å². The second kappa shape index (κ2) is 4.81. The molecule has 2 atom stereocenters. The predicted molar refractivity (Wildman–Crippen MR) is 56.8 cm³/mol. The first kappa shape index (κ1) is 10.7. The minimum atomic E-state index is 0.0551. The Morgan fingerprint density at radius 2 is 2.47 bits per heavy atom. The fourth-order valence-electron chi connectivity index (χ4n) is 2.05. The van der Waals surface area contributed by atoms with Crippen LogP contribution in [0.2, 0.25) is 0 Å². The Balaban J connectivity index is 1.83. The molecule has 86 valence electrons. The molecule has 0 aromatic rings. The van der Waals surface area contributed by atoms with Crippen molar-refractivity contribution in [2.24, 2.45) is 0 Å². The fraction of sp³-hybridized carbons (Fsp3) is 0.900. The van der Waals surface area contributed by atoms with Crippen LogP contribution in [0.4, 0.5) is 4.79 Å². The van der Waals surface area contributed by atoms with Crippen LogP contribution < -0.4 is 10.6 Å². The number of urea groups is 1. The van der Waals surface area contributed by atoms with Crippen LogP contribution in [0.15, 0.2) is 0 Å². The number of hydrogen-bond donors (Lipinski definition) is 2. The molecule has 0 aromatic carbocycles. The van der Waals surface area contributed by atoms with Gasteiger partial charge in [0.05, 0.1) is 12.6 Å². The SMILES string of the molecule is C[C@H]1CNCCN1C(=O)NC1CCOC1. The Morgan fingerprint density at radius 3 is 3.13 bits per heavy atom. The van der Waals surface area contributed by atoms with E-state index in [9.17, 15) is 4.79 Å². The lowest BCUT2D eigenvalue weighted by Gasteiger charge is -2.34. The van der Waals surface area contributed by atoms with Crippen molar-refractivity contribution in [1.82, 2.24) is 15.5 Å². The summed E-state index contributed by atoms with van der Waals surface area (Å²) in [7, 11) is 0. The quantitative estimate of drug-likeness (QED) is 0.633. The molecule has 2 aliphatic heterocycles. The first-order valence-corrected chi connectivity index (χ1v) is 5.63. The van der Waals surface area contributed by atoms with Gasteiger partial charge in [-0.25, -0.2) is 4.79 Å². The molecule has 0 aromatic heterocycles. The summed E-state index contributed by atoms with van der Waals surface area (Å²) >= 11 is 0. The summed E-state index contributed by atoms with van der Waals surface area (Å²) in [5.41, 5.74) is 0. The molecule has 5 nitrogen and oxygen atoms in total. The van der Waals surface area contributed by atoms with Gasteiger partial charge in [-0.3, -0.25) is 0 Å². The standard InChI is InChI=1S/C10H19N3O2/c1-8-6-11-3-4-13(8)10(14)12-9-2-5-15-7-9/h8-9,11H,2-7H2,1H3,(H,12,14)/t8-,9?/m0/s1. The van der Waals surface area contributed by atoms with Crippen molar-refractivity contribution in [3.63, 3.8) is 0 Å². The molecule has 0 radical (unpaired) electrons. The Kier molecular flexibility index (Phi) is 3.43. The summed E-state index contributed by atoms with van der Waals surface area (Å²) in [4.78, 5) is 13.8. The fourth-order valence-corrected chi connectivity index (χ4v) is 2.05. The van der Waals surface area contributed by atoms with Crippen molar-refractivity contribution in [3.8, 4) is 0 Å². The summed E-state index contributed by atoms with van der Waals surface area (Å²) < 4.78 is 5.23. The average molecular weight is 213 g/mol. The van der Waals surface area contributed by atoms with Gasteiger partial charge in [0.2, 0.25) is 0 Å². The highest BCUT2D eigenvalue weighted by molar-refractivity contribution is 5.75. The smallest absolute Gasteiger partial charge is 0.318 e. The van der Waals surface area contributed by atoms with Crippen LogP contribution in [0, 0.1) is 0 Å². The zero-order valence-electron chi connectivity index (χ0n) is 9.16. The molecule has 2 heterocycles. The number of hydrogen-bond acceptors (Lipinski definition) is 3. The highest BCUT2D eigenvalue weighted by Gasteiger charge is 2.26. The molecule has 2 rings (SSSR count). The van der Waals surface area contributed by atoms with Crippen molar-refractivity contribution >= 4 is 6.03 Å². The maximum absolute atomic E-state index is 11.9. The van der Waals surface area contributed by atoms with Crippen molar-refractivity contribution in [2.45, 2.75) is 25.4 Å². The number of nitrogens with one attached hydrogen (secondary N) is 2. The average Bonchev–Trinajstić information content (AvgIpc) is 2.71. The van der Waals surface area contributed by atoms with Gasteiger partial charge in [0.15, 0.2) is 0 Å². The van der Waals surface area contributed by atoms with Crippen LogP contribution in [-0.2, 0) is 4.74 Å². The first-order valence-electron chi connectivity index (χ1n) is 5.63. The Bertz CT molecular complexity index is 229. The maximum atomic E-state index is 11.9. The number of amides is 2. The Morgan fingerprint density at radius 1 is 1.60 bits per heavy atom. The molecule has 1 unspecified atom stereocenters. The Labute approximate surface area is 90.1 Å². The first-order chi connectivity index (χ1) is 7.27. The zero-order chi connectivity index (χ0) is 10.7. The minimum Gasteiger partial charge on any atom is -0.379 e. The topological polar surface area (TPSA) is 53.6 Å². The van der Waals surface area contributed by atoms with E-state index in [-0.39, 0.29) is 18.1 Å². The third-order valence-corrected chi connectivity index (χ3v) is 3.02. The number of piperazine rings is 1. The number of ether oxygens (including phenoxy) is 1. The van der Waals surface area contributed by atoms with E-state index in [1.54, 1.807) is 0 Å². The number of nitrogens with zero attached hydrogens (tertiary/aromatic N) is 1. The molecule has 2 aliphatic rings. The molecule has 2 N–H and O–H groups in total. The predicted octanol–water partition coefficient (Wildman–Crippen LogP) is -0.221. The van der Waals surface area contributed by atoms with Crippen LogP contribution in [-0.4, -0.2) is 55.9 Å². The molecular formula is C10H19N3O2. The van der Waals surface area contributed by atoms with Crippen molar-refractivity contribution in [1.29, 1.82) is 0 Å². The summed E-state index contributed by atoms with van der Waals surface area (Å²) in [6.45, 7) is 6.05. The number of carbonyl (C=O) groups is 1. The van der Waals surface area contributed by atoms with Gasteiger partial charge in [0, 0.05) is 32.3 Å². The largest absolute Gasteiger partial charge is 0.379 e. The van der Waals surface area contributed by atoms with Crippen LogP contribution in [0.1, 0.15) is 13.3 Å². The van der Waals surface area contributed by atoms with Gasteiger partial charge in [-0.2, -0.15) is 0 Å². The van der Waals surface area contributed by atoms with E-state index in [2.05, 4.69) is 17.6 Å². The van der Waals surface area contributed by atoms with E-state index in [0.717, 1.165) is 32.7 Å². The summed E-state index contributed by atoms with van der Waals surface area (Å²) in [6.07, 6.45) is 0.937. The highest BCUT2D eigenvalue weighted by atomic mass is 16.5. The highest BCUT2D eigenvalue weighted by Crippen LogP contribution is 2.07. The summed E-state index contributed by atoms with van der Waals surface area (Å²) in [5.74, 6) is 0. The molecule has 15 heavy (non-hydrogen) atoms. The van der Waals surface area contributed by atoms with E-state index in [4.69, 9.17) is 4.74 Å². The van der Waals surface area contributed by atoms with Crippen LogP contribution in [0.25, 0.3) is 0 Å². The third kappa shape index (κ3) is 2.60. The van der Waals surface area contributed by atoms with E-state index in [1.807, 2.05) is 4.90 Å². The molecular weight excluding hydrogens is 194 g/mol. The molecule has 5 heteroatoms. The van der Waals surface area contributed by atoms with Crippen molar-refractivity contribution in [3.05, 3.63) is 0 Å². The molecule has 2 amide bonds. The maximum Gasteiger partial charge on any atom is 0.318 e. The molecule has 0 saturated carbocycles. The molecule has 2 fully saturated rings. The van der Waals surface area contributed by atoms with Crippen molar-refractivity contribution < 1.29 is 9.53 Å². The third-order valence-electron chi connectivity index (χ3n) is 3.02. The van der Waals surface area contributed by atoms with Gasteiger partial charge in [-0.05, 0) is 13.3 Å². The van der Waals surface area contributed by atoms with Crippen molar-refractivity contribution in [2.75, 3.05) is 32.8 Å². The van der Waals surface area contributed by atoms with Gasteiger partial charge in [0.25, 0.3) is 0 Å². The normalized spacial score (nSPS) is 31.7. The second-order valence-corrected chi connectivity index (χ2v) is 4.26. The summed E-state index contributed by atoms with van der Waals surface area (Å²) in [6, 6.07) is 0.542. The van der Waals surface area contributed by atoms with Gasteiger partial charge in [-0.1, -0.05) is 0 Å². The van der Waals surface area contributed by atoms with E-state index in [0.29, 0.717) is 6.61 Å². The number of rotatable bonds is 1.